The molecular formula is C23H24Cl2N4O2S. The number of nitrogens with one attached hydrogen (secondary N) is 1. The average Bonchev–Trinajstić information content (AvgIpc) is 3.14. The van der Waals surface area contributed by atoms with Gasteiger partial charge in [-0.1, -0.05) is 67.0 Å². The molecule has 0 fully saturated rings. The molecule has 0 atom stereocenters. The Balaban J connectivity index is 1.60. The first-order valence-corrected chi connectivity index (χ1v) is 11.7. The maximum absolute atomic E-state index is 12.4. The number of hydrogen-bond donors (Lipinski definition) is 1. The van der Waals surface area contributed by atoms with Crippen molar-refractivity contribution < 1.29 is 9.53 Å². The summed E-state index contributed by atoms with van der Waals surface area (Å²) in [6.45, 7) is 8.70. The number of rotatable bonds is 10. The summed E-state index contributed by atoms with van der Waals surface area (Å²) in [5, 5.41) is 12.9. The number of nitrogens with zero attached hydrogens (tertiary/aromatic N) is 3. The normalized spacial score (nSPS) is 10.9. The fourth-order valence-electron chi connectivity index (χ4n) is 2.86. The van der Waals surface area contributed by atoms with Gasteiger partial charge < -0.3 is 10.1 Å². The first-order chi connectivity index (χ1) is 15.4. The van der Waals surface area contributed by atoms with Crippen LogP contribution in [-0.4, -0.2) is 26.4 Å². The molecule has 0 aliphatic heterocycles. The maximum Gasteiger partial charge on any atom is 0.234 e. The van der Waals surface area contributed by atoms with Gasteiger partial charge in [-0.05, 0) is 41.8 Å². The molecule has 0 radical (unpaired) electrons. The first-order valence-electron chi connectivity index (χ1n) is 10.0. The molecule has 0 unspecified atom stereocenters. The molecule has 2 aromatic carbocycles. The van der Waals surface area contributed by atoms with E-state index in [1.807, 2.05) is 28.8 Å². The largest absolute Gasteiger partial charge is 0.484 e. The number of halogens is 2. The molecule has 0 bridgehead atoms. The van der Waals surface area contributed by atoms with Crippen molar-refractivity contribution in [3.05, 3.63) is 76.6 Å². The van der Waals surface area contributed by atoms with E-state index in [-0.39, 0.29) is 18.3 Å². The van der Waals surface area contributed by atoms with E-state index in [0.29, 0.717) is 39.2 Å². The zero-order valence-electron chi connectivity index (χ0n) is 17.8. The highest BCUT2D eigenvalue weighted by Crippen LogP contribution is 2.28. The molecule has 1 amide bonds. The van der Waals surface area contributed by atoms with E-state index in [4.69, 9.17) is 27.9 Å². The van der Waals surface area contributed by atoms with E-state index >= 15 is 0 Å². The predicted molar refractivity (Wildman–Crippen MR) is 131 cm³/mol. The molecule has 0 aliphatic carbocycles. The number of hydrogen-bond acceptors (Lipinski definition) is 5. The van der Waals surface area contributed by atoms with Gasteiger partial charge in [-0.2, -0.15) is 0 Å². The Bertz CT molecular complexity index is 1080. The zero-order chi connectivity index (χ0) is 23.1. The number of allylic oxidation sites excluding steroid dienone is 1. The summed E-state index contributed by atoms with van der Waals surface area (Å²) in [7, 11) is 0. The van der Waals surface area contributed by atoms with E-state index in [2.05, 4.69) is 35.9 Å². The number of aromatic nitrogens is 3. The van der Waals surface area contributed by atoms with Crippen molar-refractivity contribution in [3.8, 4) is 5.75 Å². The number of anilines is 1. The second-order valence-electron chi connectivity index (χ2n) is 7.28. The summed E-state index contributed by atoms with van der Waals surface area (Å²) in [4.78, 5) is 12.4. The van der Waals surface area contributed by atoms with Gasteiger partial charge in [0.25, 0.3) is 0 Å². The van der Waals surface area contributed by atoms with Crippen molar-refractivity contribution in [2.45, 2.75) is 38.1 Å². The molecular weight excluding hydrogens is 467 g/mol. The van der Waals surface area contributed by atoms with E-state index in [1.54, 1.807) is 24.3 Å². The molecule has 0 saturated carbocycles. The van der Waals surface area contributed by atoms with E-state index in [1.165, 1.54) is 17.3 Å². The first kappa shape index (κ1) is 24.2. The maximum atomic E-state index is 12.4. The summed E-state index contributed by atoms with van der Waals surface area (Å²) in [6.07, 6.45) is 1.74. The van der Waals surface area contributed by atoms with Crippen molar-refractivity contribution in [1.82, 2.24) is 14.8 Å². The van der Waals surface area contributed by atoms with E-state index < -0.39 is 0 Å². The van der Waals surface area contributed by atoms with Crippen molar-refractivity contribution >= 4 is 46.6 Å². The summed E-state index contributed by atoms with van der Waals surface area (Å²) in [6, 6.07) is 12.9. The summed E-state index contributed by atoms with van der Waals surface area (Å²) in [5.74, 6) is 1.63. The van der Waals surface area contributed by atoms with Crippen LogP contribution in [0.1, 0.15) is 31.2 Å². The highest BCUT2D eigenvalue weighted by atomic mass is 35.5. The Labute approximate surface area is 202 Å². The van der Waals surface area contributed by atoms with Gasteiger partial charge in [0, 0.05) is 17.3 Å². The van der Waals surface area contributed by atoms with Gasteiger partial charge in [-0.3, -0.25) is 9.36 Å². The molecule has 168 valence electrons. The molecule has 1 heterocycles. The molecule has 32 heavy (non-hydrogen) atoms. The minimum absolute atomic E-state index is 0.119. The minimum Gasteiger partial charge on any atom is -0.484 e. The lowest BCUT2D eigenvalue weighted by atomic mass is 10.0. The van der Waals surface area contributed by atoms with Crippen LogP contribution < -0.4 is 10.1 Å². The van der Waals surface area contributed by atoms with Crippen LogP contribution in [0.5, 0.6) is 5.75 Å². The van der Waals surface area contributed by atoms with Crippen LogP contribution >= 0.6 is 35.0 Å². The predicted octanol–water partition coefficient (Wildman–Crippen LogP) is 6.20. The van der Waals surface area contributed by atoms with Crippen LogP contribution in [0.4, 0.5) is 5.69 Å². The SMILES string of the molecule is C=CCn1c(COc2ccc(Cl)cc2Cl)nnc1SCC(=O)Nc1ccc(C(C)C)cc1. The highest BCUT2D eigenvalue weighted by Gasteiger charge is 2.15. The van der Waals surface area contributed by atoms with Gasteiger partial charge in [0.2, 0.25) is 5.91 Å². The number of carbonyl (C=O) groups is 1. The number of ether oxygens (including phenoxy) is 1. The second kappa shape index (κ2) is 11.4. The van der Waals surface area contributed by atoms with Crippen molar-refractivity contribution in [1.29, 1.82) is 0 Å². The van der Waals surface area contributed by atoms with Crippen LogP contribution in [0, 0.1) is 0 Å². The van der Waals surface area contributed by atoms with Gasteiger partial charge in [0.05, 0.1) is 10.8 Å². The molecule has 1 aromatic heterocycles. The lowest BCUT2D eigenvalue weighted by Gasteiger charge is -2.10. The molecule has 0 aliphatic rings. The van der Waals surface area contributed by atoms with Gasteiger partial charge in [0.15, 0.2) is 11.0 Å². The third kappa shape index (κ3) is 6.51. The molecule has 0 saturated heterocycles. The Hall–Kier alpha value is -2.48. The fourth-order valence-corrected chi connectivity index (χ4v) is 4.09. The van der Waals surface area contributed by atoms with Crippen LogP contribution in [0.25, 0.3) is 0 Å². The third-order valence-corrected chi connectivity index (χ3v) is 6.05. The van der Waals surface area contributed by atoms with Crippen molar-refractivity contribution in [2.24, 2.45) is 0 Å². The Morgan fingerprint density at radius 2 is 1.97 bits per heavy atom. The zero-order valence-corrected chi connectivity index (χ0v) is 20.2. The standard InChI is InChI=1S/C23H24Cl2N4O2S/c1-4-11-29-21(13-31-20-10-7-17(24)12-19(20)25)27-28-23(29)32-14-22(30)26-18-8-5-16(6-9-18)15(2)3/h4-10,12,15H,1,11,13-14H2,2-3H3,(H,26,30). The van der Waals surface area contributed by atoms with Crippen molar-refractivity contribution in [2.75, 3.05) is 11.1 Å². The van der Waals surface area contributed by atoms with Gasteiger partial charge in [0.1, 0.15) is 12.4 Å². The quantitative estimate of drug-likeness (QED) is 0.270. The molecule has 9 heteroatoms. The summed E-state index contributed by atoms with van der Waals surface area (Å²) < 4.78 is 7.63. The highest BCUT2D eigenvalue weighted by molar-refractivity contribution is 7.99. The average molecular weight is 491 g/mol. The fraction of sp³-hybridized carbons (Fsp3) is 0.261. The Morgan fingerprint density at radius 3 is 2.62 bits per heavy atom. The molecule has 6 nitrogen and oxygen atoms in total. The Kier molecular flexibility index (Phi) is 8.61. The smallest absolute Gasteiger partial charge is 0.234 e. The lowest BCUT2D eigenvalue weighted by Crippen LogP contribution is -2.15. The van der Waals surface area contributed by atoms with Crippen LogP contribution in [-0.2, 0) is 17.9 Å². The number of carbonyl (C=O) groups excluding carboxylic acids is 1. The van der Waals surface area contributed by atoms with Gasteiger partial charge in [-0.15, -0.1) is 16.8 Å². The lowest BCUT2D eigenvalue weighted by molar-refractivity contribution is -0.113. The molecule has 3 aromatic rings. The van der Waals surface area contributed by atoms with Crippen LogP contribution in [0.15, 0.2) is 60.3 Å². The van der Waals surface area contributed by atoms with Gasteiger partial charge >= 0.3 is 0 Å². The van der Waals surface area contributed by atoms with Gasteiger partial charge in [-0.25, -0.2) is 0 Å². The molecule has 1 N–H and O–H groups in total. The van der Waals surface area contributed by atoms with E-state index in [0.717, 1.165) is 5.69 Å². The van der Waals surface area contributed by atoms with Crippen LogP contribution in [0.2, 0.25) is 10.0 Å². The summed E-state index contributed by atoms with van der Waals surface area (Å²) >= 11 is 13.4. The van der Waals surface area contributed by atoms with Crippen LogP contribution in [0.3, 0.4) is 0 Å². The number of thioether (sulfide) groups is 1. The third-order valence-electron chi connectivity index (χ3n) is 4.55. The van der Waals surface area contributed by atoms with Crippen molar-refractivity contribution in [3.63, 3.8) is 0 Å². The monoisotopic (exact) mass is 490 g/mol. The Morgan fingerprint density at radius 1 is 1.22 bits per heavy atom. The van der Waals surface area contributed by atoms with E-state index in [9.17, 15) is 4.79 Å². The minimum atomic E-state index is -0.119. The molecule has 0 spiro atoms. The molecule has 3 rings (SSSR count). The summed E-state index contributed by atoms with van der Waals surface area (Å²) in [5.41, 5.74) is 1.99. The topological polar surface area (TPSA) is 69.0 Å². The number of amides is 1. The number of benzene rings is 2. The second-order valence-corrected chi connectivity index (χ2v) is 9.06.